The first-order valence-electron chi connectivity index (χ1n) is 7.79. The van der Waals surface area contributed by atoms with Crippen LogP contribution in [0.25, 0.3) is 0 Å². The summed E-state index contributed by atoms with van der Waals surface area (Å²) in [6, 6.07) is 9.82. The smallest absolute Gasteiger partial charge is 0.251 e. The van der Waals surface area contributed by atoms with Gasteiger partial charge in [0.1, 0.15) is 6.10 Å². The third-order valence-electron chi connectivity index (χ3n) is 4.11. The predicted molar refractivity (Wildman–Crippen MR) is 83.8 cm³/mol. The second-order valence-electron chi connectivity index (χ2n) is 5.88. The maximum absolute atomic E-state index is 12.4. The van der Waals surface area contributed by atoms with Crippen LogP contribution >= 0.6 is 0 Å². The lowest BCUT2D eigenvalue weighted by Crippen LogP contribution is -2.44. The number of nitrogens with two attached hydrogens (primary N) is 1. The van der Waals surface area contributed by atoms with Crippen molar-refractivity contribution in [1.82, 2.24) is 4.90 Å². The van der Waals surface area contributed by atoms with E-state index >= 15 is 0 Å². The van der Waals surface area contributed by atoms with E-state index in [1.54, 1.807) is 6.92 Å². The van der Waals surface area contributed by atoms with Gasteiger partial charge in [0.25, 0.3) is 5.91 Å². The quantitative estimate of drug-likeness (QED) is 0.869. The topological polar surface area (TPSA) is 72.6 Å². The van der Waals surface area contributed by atoms with Crippen LogP contribution in [0.15, 0.2) is 30.3 Å². The molecule has 5 heteroatoms. The number of benzene rings is 1. The number of hydrogen-bond acceptors (Lipinski definition) is 3. The zero-order valence-corrected chi connectivity index (χ0v) is 13.0. The normalized spacial score (nSPS) is 17.2. The van der Waals surface area contributed by atoms with E-state index in [-0.39, 0.29) is 11.8 Å². The number of ether oxygens (including phenoxy) is 1. The van der Waals surface area contributed by atoms with Crippen LogP contribution in [0.4, 0.5) is 0 Å². The van der Waals surface area contributed by atoms with Crippen molar-refractivity contribution in [1.29, 1.82) is 0 Å². The lowest BCUT2D eigenvalue weighted by Gasteiger charge is -2.33. The minimum absolute atomic E-state index is 0.0217. The van der Waals surface area contributed by atoms with Crippen molar-refractivity contribution >= 4 is 11.8 Å². The number of piperidine rings is 1. The van der Waals surface area contributed by atoms with Crippen molar-refractivity contribution in [2.45, 2.75) is 38.9 Å². The third kappa shape index (κ3) is 4.84. The molecule has 1 aromatic carbocycles. The highest BCUT2D eigenvalue weighted by Crippen LogP contribution is 2.21. The molecule has 1 aliphatic heterocycles. The fraction of sp³-hybridized carbons (Fsp3) is 0.529. The van der Waals surface area contributed by atoms with Gasteiger partial charge in [-0.05, 0) is 31.2 Å². The molecule has 0 bridgehead atoms. The maximum Gasteiger partial charge on any atom is 0.251 e. The summed E-state index contributed by atoms with van der Waals surface area (Å²) in [4.78, 5) is 25.1. The summed E-state index contributed by atoms with van der Waals surface area (Å²) in [5, 5.41) is 0. The minimum Gasteiger partial charge on any atom is -0.370 e. The van der Waals surface area contributed by atoms with Gasteiger partial charge in [-0.1, -0.05) is 30.3 Å². The van der Waals surface area contributed by atoms with Gasteiger partial charge in [-0.15, -0.1) is 0 Å². The number of primary amides is 1. The molecule has 2 rings (SSSR count). The molecule has 1 heterocycles. The molecule has 0 aromatic heterocycles. The molecule has 1 atom stereocenters. The highest BCUT2D eigenvalue weighted by molar-refractivity contribution is 5.80. The van der Waals surface area contributed by atoms with Crippen molar-refractivity contribution in [2.75, 3.05) is 13.1 Å². The summed E-state index contributed by atoms with van der Waals surface area (Å²) in [5.74, 6) is 0.0693. The van der Waals surface area contributed by atoms with Crippen LogP contribution in [-0.2, 0) is 20.9 Å². The average molecular weight is 304 g/mol. The Morgan fingerprint density at radius 2 is 1.91 bits per heavy atom. The van der Waals surface area contributed by atoms with Crippen LogP contribution in [0.1, 0.15) is 31.7 Å². The monoisotopic (exact) mass is 304 g/mol. The number of hydrogen-bond donors (Lipinski definition) is 1. The van der Waals surface area contributed by atoms with Gasteiger partial charge in [-0.25, -0.2) is 0 Å². The van der Waals surface area contributed by atoms with Crippen LogP contribution in [-0.4, -0.2) is 35.9 Å². The number of amides is 2. The molecule has 22 heavy (non-hydrogen) atoms. The van der Waals surface area contributed by atoms with Gasteiger partial charge in [0, 0.05) is 19.5 Å². The van der Waals surface area contributed by atoms with Gasteiger partial charge in [0.2, 0.25) is 5.91 Å². The molecule has 2 amide bonds. The molecule has 0 radical (unpaired) electrons. The molecule has 1 unspecified atom stereocenters. The van der Waals surface area contributed by atoms with Gasteiger partial charge in [-0.2, -0.15) is 0 Å². The van der Waals surface area contributed by atoms with Crippen LogP contribution in [0.3, 0.4) is 0 Å². The van der Waals surface area contributed by atoms with E-state index in [4.69, 9.17) is 10.5 Å². The number of rotatable bonds is 6. The van der Waals surface area contributed by atoms with E-state index in [2.05, 4.69) is 0 Å². The Bertz CT molecular complexity index is 496. The molecule has 1 aromatic rings. The number of carbonyl (C=O) groups is 2. The first-order valence-corrected chi connectivity index (χ1v) is 7.79. The number of nitrogens with zero attached hydrogens (tertiary/aromatic N) is 1. The lowest BCUT2D eigenvalue weighted by atomic mass is 9.93. The molecule has 120 valence electrons. The molecule has 1 saturated heterocycles. The van der Waals surface area contributed by atoms with Gasteiger partial charge in [0.15, 0.2) is 0 Å². The Balaban J connectivity index is 1.76. The molecule has 5 nitrogen and oxygen atoms in total. The highest BCUT2D eigenvalue weighted by atomic mass is 16.5. The summed E-state index contributed by atoms with van der Waals surface area (Å²) < 4.78 is 5.67. The van der Waals surface area contributed by atoms with E-state index in [0.29, 0.717) is 32.0 Å². The lowest BCUT2D eigenvalue weighted by molar-refractivity contribution is -0.144. The molecule has 0 aliphatic carbocycles. The first kappa shape index (κ1) is 16.5. The van der Waals surface area contributed by atoms with Crippen molar-refractivity contribution < 1.29 is 14.3 Å². The zero-order valence-electron chi connectivity index (χ0n) is 13.0. The summed E-state index contributed by atoms with van der Waals surface area (Å²) in [5.41, 5.74) is 6.28. The fourth-order valence-electron chi connectivity index (χ4n) is 2.77. The van der Waals surface area contributed by atoms with Gasteiger partial charge < -0.3 is 15.4 Å². The summed E-state index contributed by atoms with van der Waals surface area (Å²) in [6.07, 6.45) is 1.63. The second kappa shape index (κ2) is 7.94. The predicted octanol–water partition coefficient (Wildman–Crippen LogP) is 1.71. The maximum atomic E-state index is 12.4. The molecule has 1 aliphatic rings. The van der Waals surface area contributed by atoms with Crippen LogP contribution in [0, 0.1) is 5.92 Å². The van der Waals surface area contributed by atoms with Gasteiger partial charge in [-0.3, -0.25) is 9.59 Å². The van der Waals surface area contributed by atoms with E-state index < -0.39 is 6.10 Å². The summed E-state index contributed by atoms with van der Waals surface area (Å²) in [6.45, 7) is 3.58. The van der Waals surface area contributed by atoms with Crippen molar-refractivity contribution in [3.05, 3.63) is 35.9 Å². The summed E-state index contributed by atoms with van der Waals surface area (Å²) in [7, 11) is 0. The van der Waals surface area contributed by atoms with Gasteiger partial charge >= 0.3 is 0 Å². The third-order valence-corrected chi connectivity index (χ3v) is 4.11. The van der Waals surface area contributed by atoms with E-state index in [9.17, 15) is 9.59 Å². The SMILES string of the molecule is CC(OCc1ccccc1)C(=O)N1CCC(CC(N)=O)CC1. The zero-order chi connectivity index (χ0) is 15.9. The molecular weight excluding hydrogens is 280 g/mol. The molecular formula is C17H24N2O3. The van der Waals surface area contributed by atoms with Crippen molar-refractivity contribution in [3.63, 3.8) is 0 Å². The molecule has 0 saturated carbocycles. The summed E-state index contributed by atoms with van der Waals surface area (Å²) >= 11 is 0. The molecule has 1 fully saturated rings. The van der Waals surface area contributed by atoms with Crippen molar-refractivity contribution in [3.8, 4) is 0 Å². The Labute approximate surface area is 131 Å². The average Bonchev–Trinajstić information content (AvgIpc) is 2.53. The Hall–Kier alpha value is -1.88. The van der Waals surface area contributed by atoms with E-state index in [1.807, 2.05) is 35.2 Å². The van der Waals surface area contributed by atoms with E-state index in [0.717, 1.165) is 18.4 Å². The fourth-order valence-corrected chi connectivity index (χ4v) is 2.77. The van der Waals surface area contributed by atoms with Crippen molar-refractivity contribution in [2.24, 2.45) is 11.7 Å². The standard InChI is InChI=1S/C17H24N2O3/c1-13(22-12-15-5-3-2-4-6-15)17(21)19-9-7-14(8-10-19)11-16(18)20/h2-6,13-14H,7-12H2,1H3,(H2,18,20). The minimum atomic E-state index is -0.451. The van der Waals surface area contributed by atoms with Crippen LogP contribution in [0.5, 0.6) is 0 Å². The Morgan fingerprint density at radius 3 is 2.50 bits per heavy atom. The Kier molecular flexibility index (Phi) is 5.95. The number of likely N-dealkylation sites (tertiary alicyclic amines) is 1. The Morgan fingerprint density at radius 1 is 1.27 bits per heavy atom. The molecule has 2 N–H and O–H groups in total. The van der Waals surface area contributed by atoms with Crippen LogP contribution in [0.2, 0.25) is 0 Å². The first-order chi connectivity index (χ1) is 10.6. The largest absolute Gasteiger partial charge is 0.370 e. The highest BCUT2D eigenvalue weighted by Gasteiger charge is 2.27. The van der Waals surface area contributed by atoms with Gasteiger partial charge in [0.05, 0.1) is 6.61 Å². The van der Waals surface area contributed by atoms with Crippen LogP contribution < -0.4 is 5.73 Å². The number of carbonyl (C=O) groups excluding carboxylic acids is 2. The van der Waals surface area contributed by atoms with E-state index in [1.165, 1.54) is 0 Å². The molecule has 0 spiro atoms. The second-order valence-corrected chi connectivity index (χ2v) is 5.88.